The van der Waals surface area contributed by atoms with E-state index in [1.807, 2.05) is 0 Å². The molecule has 0 bridgehead atoms. The fraction of sp³-hybridized carbons (Fsp3) is 0.214. The second-order valence-corrected chi connectivity index (χ2v) is 7.19. The number of para-hydroxylation sites is 1. The zero-order chi connectivity index (χ0) is 15.4. The fourth-order valence-corrected chi connectivity index (χ4v) is 5.34. The summed E-state index contributed by atoms with van der Waals surface area (Å²) in [5, 5.41) is 10.9. The van der Waals surface area contributed by atoms with E-state index in [4.69, 9.17) is 4.74 Å². The van der Waals surface area contributed by atoms with E-state index in [0.29, 0.717) is 15.7 Å². The number of aliphatic carboxylic acids is 1. The molecule has 3 atom stereocenters. The molecule has 112 valence electrons. The van der Waals surface area contributed by atoms with Crippen molar-refractivity contribution in [3.8, 4) is 5.75 Å². The maximum absolute atomic E-state index is 12.3. The van der Waals surface area contributed by atoms with Crippen molar-refractivity contribution in [3.05, 3.63) is 44.4 Å². The molecule has 0 amide bonds. The molecule has 0 unspecified atom stereocenters. The van der Waals surface area contributed by atoms with Gasteiger partial charge < -0.3 is 19.6 Å². The Morgan fingerprint density at radius 2 is 2.05 bits per heavy atom. The highest BCUT2D eigenvalue weighted by atomic mass is 32.2. The number of thioether (sulfide) groups is 1. The average Bonchev–Trinajstić information content (AvgIpc) is 2.86. The first-order chi connectivity index (χ1) is 10.6. The molecule has 0 aliphatic carbocycles. The van der Waals surface area contributed by atoms with E-state index >= 15 is 0 Å². The van der Waals surface area contributed by atoms with E-state index in [1.165, 1.54) is 0 Å². The first-order valence-corrected chi connectivity index (χ1v) is 8.17. The molecule has 0 radical (unpaired) electrons. The maximum atomic E-state index is 12.3. The van der Waals surface area contributed by atoms with Crippen LogP contribution in [0.2, 0.25) is 0 Å². The van der Waals surface area contributed by atoms with Gasteiger partial charge in [0.1, 0.15) is 5.75 Å². The van der Waals surface area contributed by atoms with E-state index in [2.05, 4.69) is 4.98 Å². The van der Waals surface area contributed by atoms with Crippen LogP contribution in [0.3, 0.4) is 0 Å². The Morgan fingerprint density at radius 3 is 2.82 bits per heavy atom. The van der Waals surface area contributed by atoms with E-state index < -0.39 is 29.0 Å². The Kier molecular flexibility index (Phi) is 2.92. The van der Waals surface area contributed by atoms with Crippen molar-refractivity contribution in [1.29, 1.82) is 0 Å². The average molecular weight is 334 g/mol. The number of H-pyrrole nitrogens is 1. The van der Waals surface area contributed by atoms with Crippen LogP contribution in [0.15, 0.2) is 34.1 Å². The molecule has 3 heterocycles. The number of carboxylic acid groups (broad SMARTS) is 1. The summed E-state index contributed by atoms with van der Waals surface area (Å²) in [6.45, 7) is 0. The number of fused-ring (bicyclic) bond motifs is 5. The van der Waals surface area contributed by atoms with Crippen molar-refractivity contribution < 1.29 is 19.4 Å². The van der Waals surface area contributed by atoms with Crippen LogP contribution < -0.4 is 14.7 Å². The molecule has 1 N–H and O–H groups in total. The third kappa shape index (κ3) is 1.84. The van der Waals surface area contributed by atoms with Gasteiger partial charge in [-0.2, -0.15) is 0 Å². The maximum Gasteiger partial charge on any atom is 0.316 e. The lowest BCUT2D eigenvalue weighted by Gasteiger charge is -2.39. The third-order valence-electron chi connectivity index (χ3n) is 3.82. The number of aromatic nitrogens is 1. The number of ether oxygens (including phenoxy) is 1. The SMILES string of the molecule is O=C1Oc2ccccc2[C@@H]2c3sc(=O)[nH]c3S[C@H](C(=O)[O-])[C@H]12. The molecule has 0 saturated heterocycles. The number of carboxylic acids is 1. The number of benzene rings is 1. The molecule has 4 rings (SSSR count). The Bertz CT molecular complexity index is 855. The minimum atomic E-state index is -1.34. The number of esters is 1. The molecule has 2 aliphatic rings. The summed E-state index contributed by atoms with van der Waals surface area (Å²) in [7, 11) is 0. The first-order valence-electron chi connectivity index (χ1n) is 6.47. The highest BCUT2D eigenvalue weighted by molar-refractivity contribution is 8.00. The number of hydrogen-bond acceptors (Lipinski definition) is 7. The normalized spacial score (nSPS) is 25.6. The monoisotopic (exact) mass is 334 g/mol. The minimum Gasteiger partial charge on any atom is -0.549 e. The summed E-state index contributed by atoms with van der Waals surface area (Å²) < 4.78 is 5.28. The number of rotatable bonds is 1. The Labute approximate surface area is 132 Å². The number of carbonyl (C=O) groups excluding carboxylic acids is 2. The predicted octanol–water partition coefficient (Wildman–Crippen LogP) is 0.328. The Balaban J connectivity index is 1.99. The van der Waals surface area contributed by atoms with Gasteiger partial charge in [-0.25, -0.2) is 0 Å². The van der Waals surface area contributed by atoms with Crippen LogP contribution in [0.4, 0.5) is 0 Å². The molecular formula is C14H8NO5S2-. The van der Waals surface area contributed by atoms with E-state index in [9.17, 15) is 19.5 Å². The number of thiazole rings is 1. The molecular weight excluding hydrogens is 326 g/mol. The lowest BCUT2D eigenvalue weighted by atomic mass is 9.80. The Morgan fingerprint density at radius 1 is 1.27 bits per heavy atom. The van der Waals surface area contributed by atoms with Crippen LogP contribution >= 0.6 is 23.1 Å². The summed E-state index contributed by atoms with van der Waals surface area (Å²) in [6.07, 6.45) is 0. The Hall–Kier alpha value is -2.06. The highest BCUT2D eigenvalue weighted by Gasteiger charge is 2.49. The first kappa shape index (κ1) is 13.6. The molecule has 1 aromatic carbocycles. The zero-order valence-electron chi connectivity index (χ0n) is 10.9. The molecule has 0 spiro atoms. The summed E-state index contributed by atoms with van der Waals surface area (Å²) in [5.41, 5.74) is 0.718. The van der Waals surface area contributed by atoms with Crippen molar-refractivity contribution in [2.45, 2.75) is 16.2 Å². The lowest BCUT2D eigenvalue weighted by molar-refractivity contribution is -0.306. The molecule has 2 aliphatic heterocycles. The molecule has 8 heteroatoms. The van der Waals surface area contributed by atoms with Crippen molar-refractivity contribution >= 4 is 35.0 Å². The second-order valence-electron chi connectivity index (χ2n) is 5.03. The lowest BCUT2D eigenvalue weighted by Crippen LogP contribution is -2.48. The zero-order valence-corrected chi connectivity index (χ0v) is 12.5. The molecule has 6 nitrogen and oxygen atoms in total. The number of carbonyl (C=O) groups is 2. The number of aromatic amines is 1. The number of nitrogens with one attached hydrogen (secondary N) is 1. The van der Waals surface area contributed by atoms with Gasteiger partial charge >= 0.3 is 10.8 Å². The van der Waals surface area contributed by atoms with Crippen molar-refractivity contribution in [2.24, 2.45) is 5.92 Å². The van der Waals surface area contributed by atoms with Crippen LogP contribution in [-0.4, -0.2) is 22.2 Å². The van der Waals surface area contributed by atoms with Crippen molar-refractivity contribution in [1.82, 2.24) is 4.98 Å². The van der Waals surface area contributed by atoms with E-state index in [1.54, 1.807) is 24.3 Å². The van der Waals surface area contributed by atoms with E-state index in [0.717, 1.165) is 28.7 Å². The van der Waals surface area contributed by atoms with Crippen molar-refractivity contribution in [2.75, 3.05) is 0 Å². The molecule has 1 aromatic heterocycles. The summed E-state index contributed by atoms with van der Waals surface area (Å²) in [6, 6.07) is 6.98. The molecule has 0 saturated carbocycles. The predicted molar refractivity (Wildman–Crippen MR) is 77.0 cm³/mol. The summed E-state index contributed by atoms with van der Waals surface area (Å²) in [5.74, 6) is -2.93. The quantitative estimate of drug-likeness (QED) is 0.596. The largest absolute Gasteiger partial charge is 0.549 e. The molecule has 22 heavy (non-hydrogen) atoms. The molecule has 2 aromatic rings. The fourth-order valence-electron chi connectivity index (χ4n) is 2.95. The van der Waals surface area contributed by atoms with Gasteiger partial charge in [0.15, 0.2) is 0 Å². The van der Waals surface area contributed by atoms with Gasteiger partial charge in [0.05, 0.1) is 22.2 Å². The second kappa shape index (κ2) is 4.72. The number of hydrogen-bond donors (Lipinski definition) is 1. The van der Waals surface area contributed by atoms with Gasteiger partial charge in [-0.05, 0) is 6.07 Å². The van der Waals surface area contributed by atoms with Gasteiger partial charge in [0, 0.05) is 16.4 Å². The van der Waals surface area contributed by atoms with Gasteiger partial charge in [-0.15, -0.1) is 0 Å². The van der Waals surface area contributed by atoms with Crippen LogP contribution in [0.1, 0.15) is 16.4 Å². The molecule has 0 fully saturated rings. The smallest absolute Gasteiger partial charge is 0.316 e. The van der Waals surface area contributed by atoms with Gasteiger partial charge in [0.2, 0.25) is 0 Å². The van der Waals surface area contributed by atoms with Gasteiger partial charge in [-0.3, -0.25) is 9.59 Å². The third-order valence-corrected chi connectivity index (χ3v) is 6.22. The van der Waals surface area contributed by atoms with Crippen LogP contribution in [0.25, 0.3) is 0 Å². The van der Waals surface area contributed by atoms with Crippen molar-refractivity contribution in [3.63, 3.8) is 0 Å². The minimum absolute atomic E-state index is 0.272. The van der Waals surface area contributed by atoms with Gasteiger partial charge in [-0.1, -0.05) is 41.3 Å². The topological polar surface area (TPSA) is 99.3 Å². The highest BCUT2D eigenvalue weighted by Crippen LogP contribution is 2.53. The van der Waals surface area contributed by atoms with Gasteiger partial charge in [0.25, 0.3) is 0 Å². The van der Waals surface area contributed by atoms with E-state index in [-0.39, 0.29) is 4.87 Å². The summed E-state index contributed by atoms with van der Waals surface area (Å²) >= 11 is 1.94. The summed E-state index contributed by atoms with van der Waals surface area (Å²) in [4.78, 5) is 38.5. The standard InChI is InChI=1S/C14H9NO5S2/c16-12(17)10-8-7(9-11(21-10)15-14(19)22-9)5-3-1-2-4-6(5)20-13(8)18/h1-4,7-8,10H,(H,15,19)(H,16,17)/p-1/t7-,8+,10-/m0/s1. The van der Waals surface area contributed by atoms with Crippen LogP contribution in [0.5, 0.6) is 5.75 Å². The van der Waals surface area contributed by atoms with Crippen LogP contribution in [0, 0.1) is 5.92 Å². The van der Waals surface area contributed by atoms with Crippen LogP contribution in [-0.2, 0) is 9.59 Å².